The van der Waals surface area contributed by atoms with Gasteiger partial charge in [0.05, 0.1) is 16.8 Å². The number of nitrogens with one attached hydrogen (secondary N) is 1. The Morgan fingerprint density at radius 1 is 1.35 bits per heavy atom. The number of thiophene rings is 1. The third kappa shape index (κ3) is 3.14. The van der Waals surface area contributed by atoms with Gasteiger partial charge in [0.25, 0.3) is 5.91 Å². The first-order valence-corrected chi connectivity index (χ1v) is 7.50. The largest absolute Gasteiger partial charge is 0.398 e. The van der Waals surface area contributed by atoms with E-state index >= 15 is 0 Å². The molecule has 2 aromatic rings. The Balaban J connectivity index is 2.15. The molecule has 1 unspecified atom stereocenters. The standard InChI is InChI=1S/C15H17ClN2OS/c1-8-6-12(10(3)20-8)9(2)18-15(19)11-4-5-13(16)14(17)7-11/h4-7,9H,17H2,1-3H3,(H,18,19). The number of nitrogen functional groups attached to an aromatic ring is 1. The van der Waals surface area contributed by atoms with Gasteiger partial charge in [-0.15, -0.1) is 11.3 Å². The van der Waals surface area contributed by atoms with Gasteiger partial charge in [-0.3, -0.25) is 4.79 Å². The van der Waals surface area contributed by atoms with E-state index in [1.54, 1.807) is 29.5 Å². The highest BCUT2D eigenvalue weighted by atomic mass is 35.5. The summed E-state index contributed by atoms with van der Waals surface area (Å²) in [6.45, 7) is 6.11. The molecule has 0 bridgehead atoms. The molecule has 0 aliphatic heterocycles. The Morgan fingerprint density at radius 2 is 2.05 bits per heavy atom. The van der Waals surface area contributed by atoms with Crippen molar-refractivity contribution in [1.82, 2.24) is 5.32 Å². The summed E-state index contributed by atoms with van der Waals surface area (Å²) in [4.78, 5) is 14.7. The number of nitrogens with two attached hydrogens (primary N) is 1. The van der Waals surface area contributed by atoms with E-state index in [4.69, 9.17) is 17.3 Å². The third-order valence-corrected chi connectivity index (χ3v) is 4.48. The molecule has 3 nitrogen and oxygen atoms in total. The molecule has 0 aliphatic carbocycles. The maximum absolute atomic E-state index is 12.2. The van der Waals surface area contributed by atoms with Gasteiger partial charge in [0.1, 0.15) is 0 Å². The van der Waals surface area contributed by atoms with Crippen LogP contribution in [-0.4, -0.2) is 5.91 Å². The number of benzene rings is 1. The van der Waals surface area contributed by atoms with Crippen LogP contribution in [-0.2, 0) is 0 Å². The minimum Gasteiger partial charge on any atom is -0.398 e. The Bertz CT molecular complexity index is 651. The second kappa shape index (κ2) is 5.85. The van der Waals surface area contributed by atoms with Crippen molar-refractivity contribution in [2.24, 2.45) is 0 Å². The molecule has 2 rings (SSSR count). The average molecular weight is 309 g/mol. The first kappa shape index (κ1) is 14.9. The maximum Gasteiger partial charge on any atom is 0.251 e. The zero-order chi connectivity index (χ0) is 14.9. The van der Waals surface area contributed by atoms with E-state index in [1.165, 1.54) is 9.75 Å². The molecule has 1 amide bonds. The molecule has 0 fully saturated rings. The van der Waals surface area contributed by atoms with Crippen LogP contribution in [0.25, 0.3) is 0 Å². The summed E-state index contributed by atoms with van der Waals surface area (Å²) in [5, 5.41) is 3.44. The quantitative estimate of drug-likeness (QED) is 0.839. The SMILES string of the molecule is Cc1cc(C(C)NC(=O)c2ccc(Cl)c(N)c2)c(C)s1. The van der Waals surface area contributed by atoms with Gasteiger partial charge in [-0.25, -0.2) is 0 Å². The predicted octanol–water partition coefficient (Wildman–Crippen LogP) is 4.09. The van der Waals surface area contributed by atoms with E-state index in [0.29, 0.717) is 16.3 Å². The van der Waals surface area contributed by atoms with E-state index in [2.05, 4.69) is 25.2 Å². The average Bonchev–Trinajstić information content (AvgIpc) is 2.71. The van der Waals surface area contributed by atoms with Gasteiger partial charge in [0, 0.05) is 15.3 Å². The second-order valence-electron chi connectivity index (χ2n) is 4.80. The van der Waals surface area contributed by atoms with Crippen LogP contribution in [0.1, 0.15) is 38.6 Å². The van der Waals surface area contributed by atoms with Crippen LogP contribution in [0.3, 0.4) is 0 Å². The topological polar surface area (TPSA) is 55.1 Å². The number of amides is 1. The van der Waals surface area contributed by atoms with E-state index in [9.17, 15) is 4.79 Å². The smallest absolute Gasteiger partial charge is 0.251 e. The number of hydrogen-bond donors (Lipinski definition) is 2. The summed E-state index contributed by atoms with van der Waals surface area (Å²) in [5.41, 5.74) is 7.80. The summed E-state index contributed by atoms with van der Waals surface area (Å²) in [6.07, 6.45) is 0. The predicted molar refractivity (Wildman–Crippen MR) is 85.5 cm³/mol. The molecular weight excluding hydrogens is 292 g/mol. The van der Waals surface area contributed by atoms with E-state index < -0.39 is 0 Å². The molecule has 0 saturated carbocycles. The van der Waals surface area contributed by atoms with E-state index in [0.717, 1.165) is 5.56 Å². The van der Waals surface area contributed by atoms with Crippen molar-refractivity contribution < 1.29 is 4.79 Å². The molecule has 20 heavy (non-hydrogen) atoms. The van der Waals surface area contributed by atoms with Crippen molar-refractivity contribution in [2.75, 3.05) is 5.73 Å². The van der Waals surface area contributed by atoms with Crippen molar-refractivity contribution >= 4 is 34.5 Å². The normalized spacial score (nSPS) is 12.2. The number of rotatable bonds is 3. The first-order valence-electron chi connectivity index (χ1n) is 6.31. The third-order valence-electron chi connectivity index (χ3n) is 3.15. The highest BCUT2D eigenvalue weighted by Crippen LogP contribution is 2.26. The second-order valence-corrected chi connectivity index (χ2v) is 6.67. The van der Waals surface area contributed by atoms with Gasteiger partial charge in [0.15, 0.2) is 0 Å². The van der Waals surface area contributed by atoms with Gasteiger partial charge in [0.2, 0.25) is 0 Å². The van der Waals surface area contributed by atoms with Crippen molar-refractivity contribution in [3.8, 4) is 0 Å². The van der Waals surface area contributed by atoms with Crippen molar-refractivity contribution in [2.45, 2.75) is 26.8 Å². The molecule has 1 atom stereocenters. The maximum atomic E-state index is 12.2. The Kier molecular flexibility index (Phi) is 4.35. The van der Waals surface area contributed by atoms with E-state index in [1.807, 2.05) is 6.92 Å². The lowest BCUT2D eigenvalue weighted by Gasteiger charge is -2.14. The number of hydrogen-bond acceptors (Lipinski definition) is 3. The number of carbonyl (C=O) groups is 1. The fraction of sp³-hybridized carbons (Fsp3) is 0.267. The molecular formula is C15H17ClN2OS. The molecule has 3 N–H and O–H groups in total. The summed E-state index contributed by atoms with van der Waals surface area (Å²) >= 11 is 7.59. The number of halogens is 1. The van der Waals surface area contributed by atoms with Crippen LogP contribution >= 0.6 is 22.9 Å². The summed E-state index contributed by atoms with van der Waals surface area (Å²) < 4.78 is 0. The van der Waals surface area contributed by atoms with Crippen LogP contribution in [0.4, 0.5) is 5.69 Å². The van der Waals surface area contributed by atoms with Crippen molar-refractivity contribution in [3.63, 3.8) is 0 Å². The Morgan fingerprint density at radius 3 is 2.60 bits per heavy atom. The lowest BCUT2D eigenvalue weighted by molar-refractivity contribution is 0.0940. The summed E-state index contributed by atoms with van der Waals surface area (Å²) in [5.74, 6) is -0.149. The molecule has 1 aromatic carbocycles. The van der Waals surface area contributed by atoms with Crippen LogP contribution in [0.2, 0.25) is 5.02 Å². The monoisotopic (exact) mass is 308 g/mol. The minimum atomic E-state index is -0.149. The van der Waals surface area contributed by atoms with Gasteiger partial charge in [-0.1, -0.05) is 11.6 Å². The van der Waals surface area contributed by atoms with Crippen LogP contribution in [0.15, 0.2) is 24.3 Å². The number of aryl methyl sites for hydroxylation is 2. The van der Waals surface area contributed by atoms with Crippen LogP contribution in [0.5, 0.6) is 0 Å². The highest BCUT2D eigenvalue weighted by molar-refractivity contribution is 7.12. The lowest BCUT2D eigenvalue weighted by Crippen LogP contribution is -2.26. The number of carbonyl (C=O) groups excluding carboxylic acids is 1. The lowest BCUT2D eigenvalue weighted by atomic mass is 10.1. The van der Waals surface area contributed by atoms with Gasteiger partial charge < -0.3 is 11.1 Å². The zero-order valence-corrected chi connectivity index (χ0v) is 13.2. The zero-order valence-electron chi connectivity index (χ0n) is 11.7. The Labute approximate surface area is 127 Å². The summed E-state index contributed by atoms with van der Waals surface area (Å²) in [6, 6.07) is 6.98. The van der Waals surface area contributed by atoms with Crippen molar-refractivity contribution in [1.29, 1.82) is 0 Å². The molecule has 106 valence electrons. The fourth-order valence-corrected chi connectivity index (χ4v) is 3.26. The van der Waals surface area contributed by atoms with Gasteiger partial charge >= 0.3 is 0 Å². The first-order chi connectivity index (χ1) is 9.38. The molecule has 0 aliphatic rings. The molecule has 5 heteroatoms. The van der Waals surface area contributed by atoms with Crippen LogP contribution < -0.4 is 11.1 Å². The Hall–Kier alpha value is -1.52. The van der Waals surface area contributed by atoms with Crippen LogP contribution in [0, 0.1) is 13.8 Å². The number of anilines is 1. The van der Waals surface area contributed by atoms with Crippen molar-refractivity contribution in [3.05, 3.63) is 50.2 Å². The minimum absolute atomic E-state index is 0.0376. The van der Waals surface area contributed by atoms with E-state index in [-0.39, 0.29) is 11.9 Å². The van der Waals surface area contributed by atoms with Gasteiger partial charge in [-0.05, 0) is 50.6 Å². The summed E-state index contributed by atoms with van der Waals surface area (Å²) in [7, 11) is 0. The molecule has 0 saturated heterocycles. The molecule has 1 aromatic heterocycles. The highest BCUT2D eigenvalue weighted by Gasteiger charge is 2.15. The molecule has 0 radical (unpaired) electrons. The molecule has 0 spiro atoms. The fourth-order valence-electron chi connectivity index (χ4n) is 2.12. The molecule has 1 heterocycles. The van der Waals surface area contributed by atoms with Gasteiger partial charge in [-0.2, -0.15) is 0 Å².